The largest absolute Gasteiger partial charge is 0.462 e. The fourth-order valence-corrected chi connectivity index (χ4v) is 8.65. The van der Waals surface area contributed by atoms with Gasteiger partial charge in [0.15, 0.2) is 6.10 Å². The molecule has 0 aromatic heterocycles. The molecule has 0 bridgehead atoms. The van der Waals surface area contributed by atoms with E-state index >= 15 is 0 Å². The third kappa shape index (κ3) is 51.3. The Hall–Kier alpha value is -1.59. The number of carbonyl (C=O) groups excluding carboxylic acids is 3. The Morgan fingerprint density at radius 2 is 0.460 bits per heavy atom. The van der Waals surface area contributed by atoms with Crippen LogP contribution in [0.3, 0.4) is 0 Å². The Morgan fingerprint density at radius 3 is 0.683 bits per heavy atom. The Labute approximate surface area is 393 Å². The average Bonchev–Trinajstić information content (AvgIpc) is 3.24. The smallest absolute Gasteiger partial charge is 0.306 e. The van der Waals surface area contributed by atoms with Gasteiger partial charge >= 0.3 is 17.9 Å². The number of unbranched alkanes of at least 4 members (excludes halogenated alkanes) is 33. The van der Waals surface area contributed by atoms with E-state index in [9.17, 15) is 14.4 Å². The highest BCUT2D eigenvalue weighted by Gasteiger charge is 2.19. The second-order valence-electron chi connectivity index (χ2n) is 21.0. The average molecular weight is 892 g/mol. The van der Waals surface area contributed by atoms with Gasteiger partial charge < -0.3 is 14.2 Å². The van der Waals surface area contributed by atoms with Crippen LogP contribution in [0.5, 0.6) is 0 Å². The minimum atomic E-state index is -0.763. The zero-order valence-corrected chi connectivity index (χ0v) is 43.4. The van der Waals surface area contributed by atoms with Crippen LogP contribution in [0.1, 0.15) is 311 Å². The van der Waals surface area contributed by atoms with Gasteiger partial charge in [0.05, 0.1) is 0 Å². The molecule has 1 atom stereocenters. The maximum absolute atomic E-state index is 12.8. The monoisotopic (exact) mass is 891 g/mol. The quantitative estimate of drug-likeness (QED) is 0.0344. The third-order valence-corrected chi connectivity index (χ3v) is 12.9. The summed E-state index contributed by atoms with van der Waals surface area (Å²) in [5.74, 6) is 1.64. The summed E-state index contributed by atoms with van der Waals surface area (Å²) in [4.78, 5) is 38.1. The number of carbonyl (C=O) groups is 3. The van der Waals surface area contributed by atoms with Crippen molar-refractivity contribution in [2.24, 2.45) is 17.8 Å². The predicted molar refractivity (Wildman–Crippen MR) is 270 cm³/mol. The van der Waals surface area contributed by atoms with Crippen molar-refractivity contribution in [1.29, 1.82) is 0 Å². The molecule has 0 saturated heterocycles. The molecule has 6 heteroatoms. The summed E-state index contributed by atoms with van der Waals surface area (Å²) >= 11 is 0. The molecule has 0 fully saturated rings. The van der Waals surface area contributed by atoms with Crippen molar-refractivity contribution >= 4 is 17.9 Å². The number of hydrogen-bond acceptors (Lipinski definition) is 6. The number of ether oxygens (including phenoxy) is 3. The molecule has 0 aromatic carbocycles. The summed E-state index contributed by atoms with van der Waals surface area (Å²) < 4.78 is 16.9. The van der Waals surface area contributed by atoms with E-state index in [4.69, 9.17) is 14.2 Å². The second kappa shape index (κ2) is 48.3. The van der Waals surface area contributed by atoms with E-state index in [1.807, 2.05) is 0 Å². The molecule has 6 nitrogen and oxygen atoms in total. The van der Waals surface area contributed by atoms with Crippen LogP contribution in [0.4, 0.5) is 0 Å². The van der Waals surface area contributed by atoms with Gasteiger partial charge in [-0.15, -0.1) is 0 Å². The summed E-state index contributed by atoms with van der Waals surface area (Å²) in [6.45, 7) is 13.7. The zero-order valence-electron chi connectivity index (χ0n) is 43.4. The molecule has 374 valence electrons. The molecular weight excluding hydrogens is 781 g/mol. The fraction of sp³-hybridized carbons (Fsp3) is 0.947. The minimum absolute atomic E-state index is 0.0641. The Morgan fingerprint density at radius 1 is 0.270 bits per heavy atom. The molecule has 0 aliphatic carbocycles. The zero-order chi connectivity index (χ0) is 46.3. The molecule has 0 radical (unpaired) electrons. The summed E-state index contributed by atoms with van der Waals surface area (Å²) in [6, 6.07) is 0. The third-order valence-electron chi connectivity index (χ3n) is 12.9. The first-order valence-corrected chi connectivity index (χ1v) is 28.1. The van der Waals surface area contributed by atoms with E-state index in [1.165, 1.54) is 193 Å². The molecule has 0 heterocycles. The molecule has 0 N–H and O–H groups in total. The molecule has 0 amide bonds. The summed E-state index contributed by atoms with van der Waals surface area (Å²) in [5, 5.41) is 0. The molecular formula is C57H110O6. The molecule has 0 spiro atoms. The van der Waals surface area contributed by atoms with Gasteiger partial charge in [0.25, 0.3) is 0 Å². The van der Waals surface area contributed by atoms with Gasteiger partial charge in [-0.1, -0.05) is 273 Å². The summed E-state index contributed by atoms with van der Waals surface area (Å²) in [5.41, 5.74) is 0. The van der Waals surface area contributed by atoms with Crippen molar-refractivity contribution in [2.45, 2.75) is 317 Å². The first-order chi connectivity index (χ1) is 30.6. The van der Waals surface area contributed by atoms with E-state index in [1.54, 1.807) is 0 Å². The fourth-order valence-electron chi connectivity index (χ4n) is 8.65. The standard InChI is InChI=1S/C57H110O6/c1-51(2)43-37-31-25-19-14-11-9-7-8-10-12-16-22-28-34-40-46-55(58)61-49-54(63-57(60)48-42-36-30-24-18-21-27-33-39-45-53(5)6)50-62-56(59)47-41-35-29-23-17-13-15-20-26-32-38-44-52(3)4/h51-54H,7-50H2,1-6H3/t54-/m1/s1. The van der Waals surface area contributed by atoms with E-state index in [0.29, 0.717) is 19.3 Å². The molecule has 0 aliphatic rings. The predicted octanol–water partition coefficient (Wildman–Crippen LogP) is 18.3. The van der Waals surface area contributed by atoms with E-state index in [2.05, 4.69) is 41.5 Å². The van der Waals surface area contributed by atoms with Crippen LogP contribution < -0.4 is 0 Å². The molecule has 0 saturated carbocycles. The van der Waals surface area contributed by atoms with Gasteiger partial charge in [-0.25, -0.2) is 0 Å². The lowest BCUT2D eigenvalue weighted by atomic mass is 10.0. The van der Waals surface area contributed by atoms with Crippen molar-refractivity contribution in [3.05, 3.63) is 0 Å². The summed E-state index contributed by atoms with van der Waals surface area (Å²) in [7, 11) is 0. The molecule has 0 aliphatic heterocycles. The normalized spacial score (nSPS) is 12.1. The number of esters is 3. The maximum Gasteiger partial charge on any atom is 0.306 e. The summed E-state index contributed by atoms with van der Waals surface area (Å²) in [6.07, 6.45) is 49.5. The second-order valence-corrected chi connectivity index (χ2v) is 21.0. The van der Waals surface area contributed by atoms with E-state index < -0.39 is 6.10 Å². The lowest BCUT2D eigenvalue weighted by Gasteiger charge is -2.18. The highest BCUT2D eigenvalue weighted by Crippen LogP contribution is 2.18. The van der Waals surface area contributed by atoms with E-state index in [0.717, 1.165) is 75.5 Å². The van der Waals surface area contributed by atoms with Crippen LogP contribution in [-0.2, 0) is 28.6 Å². The first-order valence-electron chi connectivity index (χ1n) is 28.1. The first kappa shape index (κ1) is 61.4. The maximum atomic E-state index is 12.8. The van der Waals surface area contributed by atoms with Crippen molar-refractivity contribution in [1.82, 2.24) is 0 Å². The highest BCUT2D eigenvalue weighted by molar-refractivity contribution is 5.71. The van der Waals surface area contributed by atoms with Gasteiger partial charge in [-0.3, -0.25) is 14.4 Å². The number of hydrogen-bond donors (Lipinski definition) is 0. The van der Waals surface area contributed by atoms with Crippen LogP contribution in [-0.4, -0.2) is 37.2 Å². The topological polar surface area (TPSA) is 78.9 Å². The van der Waals surface area contributed by atoms with Gasteiger partial charge in [-0.05, 0) is 37.0 Å². The Kier molecular flexibility index (Phi) is 47.1. The molecule has 0 rings (SSSR count). The van der Waals surface area contributed by atoms with Gasteiger partial charge in [0, 0.05) is 19.3 Å². The lowest BCUT2D eigenvalue weighted by Crippen LogP contribution is -2.30. The van der Waals surface area contributed by atoms with Crippen molar-refractivity contribution in [3.63, 3.8) is 0 Å². The lowest BCUT2D eigenvalue weighted by molar-refractivity contribution is -0.167. The van der Waals surface area contributed by atoms with Crippen LogP contribution >= 0.6 is 0 Å². The van der Waals surface area contributed by atoms with E-state index in [-0.39, 0.29) is 31.1 Å². The van der Waals surface area contributed by atoms with Gasteiger partial charge in [-0.2, -0.15) is 0 Å². The van der Waals surface area contributed by atoms with Gasteiger partial charge in [0.2, 0.25) is 0 Å². The van der Waals surface area contributed by atoms with Crippen LogP contribution in [0.2, 0.25) is 0 Å². The van der Waals surface area contributed by atoms with Crippen molar-refractivity contribution < 1.29 is 28.6 Å². The number of rotatable bonds is 50. The van der Waals surface area contributed by atoms with Crippen LogP contribution in [0, 0.1) is 17.8 Å². The SMILES string of the molecule is CC(C)CCCCCCCCCCCCCCCCCCC(=O)OC[C@H](COC(=O)CCCCCCCCCCCCCC(C)C)OC(=O)CCCCCCCCCCCC(C)C. The minimum Gasteiger partial charge on any atom is -0.462 e. The van der Waals surface area contributed by atoms with Crippen molar-refractivity contribution in [2.75, 3.05) is 13.2 Å². The highest BCUT2D eigenvalue weighted by atomic mass is 16.6. The van der Waals surface area contributed by atoms with Gasteiger partial charge in [0.1, 0.15) is 13.2 Å². The molecule has 0 unspecified atom stereocenters. The molecule has 0 aromatic rings. The Bertz CT molecular complexity index is 976. The molecule has 63 heavy (non-hydrogen) atoms. The van der Waals surface area contributed by atoms with Crippen LogP contribution in [0.15, 0.2) is 0 Å². The van der Waals surface area contributed by atoms with Crippen LogP contribution in [0.25, 0.3) is 0 Å². The van der Waals surface area contributed by atoms with Crippen molar-refractivity contribution in [3.8, 4) is 0 Å². The Balaban J connectivity index is 4.26.